The maximum atomic E-state index is 12.7. The van der Waals surface area contributed by atoms with Gasteiger partial charge < -0.3 is 14.5 Å². The molecule has 1 aliphatic rings. The molecule has 1 fully saturated rings. The van der Waals surface area contributed by atoms with Gasteiger partial charge in [0.25, 0.3) is 0 Å². The van der Waals surface area contributed by atoms with Crippen LogP contribution in [-0.4, -0.2) is 72.9 Å². The number of rotatable bonds is 11. The highest BCUT2D eigenvalue weighted by atomic mass is 16.5. The third-order valence-corrected chi connectivity index (χ3v) is 5.63. The normalized spacial score (nSPS) is 15.0. The molecule has 6 nitrogen and oxygen atoms in total. The van der Waals surface area contributed by atoms with E-state index in [4.69, 9.17) is 4.74 Å². The molecule has 30 heavy (non-hydrogen) atoms. The Morgan fingerprint density at radius 3 is 2.30 bits per heavy atom. The number of carbonyl (C=O) groups is 2. The molecule has 0 saturated carbocycles. The Labute approximate surface area is 182 Å². The molecule has 168 valence electrons. The average molecular weight is 418 g/mol. The second kappa shape index (κ2) is 13.3. The van der Waals surface area contributed by atoms with Crippen LogP contribution in [0.25, 0.3) is 0 Å². The Bertz CT molecular complexity index is 642. The van der Waals surface area contributed by atoms with Gasteiger partial charge in [-0.2, -0.15) is 0 Å². The number of benzene rings is 1. The van der Waals surface area contributed by atoms with Crippen LogP contribution >= 0.6 is 0 Å². The standard InChI is InChI=1S/C24H39N3O3/c1-4-14-26(15-5-2)23(28)8-6-9-24(29)27-17-7-16-25(18-19-27)20-21-10-12-22(30-3)13-11-21/h10-13H,4-9,14-20H2,1-3H3. The minimum atomic E-state index is 0.187. The van der Waals surface area contributed by atoms with E-state index >= 15 is 0 Å². The van der Waals surface area contributed by atoms with Crippen molar-refractivity contribution in [2.24, 2.45) is 0 Å². The molecule has 0 N–H and O–H groups in total. The fourth-order valence-electron chi connectivity index (χ4n) is 3.98. The Balaban J connectivity index is 1.73. The van der Waals surface area contributed by atoms with E-state index in [1.165, 1.54) is 5.56 Å². The number of methoxy groups -OCH3 is 1. The van der Waals surface area contributed by atoms with Crippen LogP contribution in [0.15, 0.2) is 24.3 Å². The zero-order chi connectivity index (χ0) is 21.8. The van der Waals surface area contributed by atoms with Crippen LogP contribution in [0.5, 0.6) is 5.75 Å². The van der Waals surface area contributed by atoms with Crippen LogP contribution in [-0.2, 0) is 16.1 Å². The number of amides is 2. The van der Waals surface area contributed by atoms with Gasteiger partial charge in [0, 0.05) is 58.7 Å². The number of nitrogens with zero attached hydrogens (tertiary/aromatic N) is 3. The molecule has 1 aliphatic heterocycles. The second-order valence-electron chi connectivity index (χ2n) is 8.09. The van der Waals surface area contributed by atoms with Gasteiger partial charge in [-0.15, -0.1) is 0 Å². The van der Waals surface area contributed by atoms with Crippen LogP contribution in [0.2, 0.25) is 0 Å². The quantitative estimate of drug-likeness (QED) is 0.553. The van der Waals surface area contributed by atoms with E-state index in [9.17, 15) is 9.59 Å². The molecule has 0 unspecified atom stereocenters. The highest BCUT2D eigenvalue weighted by molar-refractivity contribution is 5.79. The first-order chi connectivity index (χ1) is 14.6. The van der Waals surface area contributed by atoms with Crippen molar-refractivity contribution in [2.75, 3.05) is 46.4 Å². The lowest BCUT2D eigenvalue weighted by atomic mass is 10.2. The van der Waals surface area contributed by atoms with Gasteiger partial charge in [-0.05, 0) is 43.4 Å². The van der Waals surface area contributed by atoms with Gasteiger partial charge >= 0.3 is 0 Å². The summed E-state index contributed by atoms with van der Waals surface area (Å²) in [6, 6.07) is 8.19. The van der Waals surface area contributed by atoms with Gasteiger partial charge in [0.15, 0.2) is 0 Å². The van der Waals surface area contributed by atoms with Gasteiger partial charge in [-0.3, -0.25) is 14.5 Å². The predicted octanol–water partition coefficient (Wildman–Crippen LogP) is 3.55. The minimum absolute atomic E-state index is 0.187. The average Bonchev–Trinajstić information content (AvgIpc) is 2.99. The summed E-state index contributed by atoms with van der Waals surface area (Å²) >= 11 is 0. The van der Waals surface area contributed by atoms with E-state index in [2.05, 4.69) is 30.9 Å². The molecular formula is C24H39N3O3. The molecule has 0 atom stereocenters. The maximum Gasteiger partial charge on any atom is 0.222 e. The summed E-state index contributed by atoms with van der Waals surface area (Å²) in [6.07, 6.45) is 4.53. The van der Waals surface area contributed by atoms with Crippen molar-refractivity contribution in [3.63, 3.8) is 0 Å². The van der Waals surface area contributed by atoms with E-state index in [1.807, 2.05) is 21.9 Å². The zero-order valence-corrected chi connectivity index (χ0v) is 19.1. The molecule has 0 spiro atoms. The van der Waals surface area contributed by atoms with E-state index < -0.39 is 0 Å². The first kappa shape index (κ1) is 24.2. The fraction of sp³-hybridized carbons (Fsp3) is 0.667. The van der Waals surface area contributed by atoms with Crippen molar-refractivity contribution in [2.45, 2.75) is 58.9 Å². The molecule has 1 aromatic carbocycles. The van der Waals surface area contributed by atoms with Crippen LogP contribution in [0.3, 0.4) is 0 Å². The van der Waals surface area contributed by atoms with E-state index in [0.29, 0.717) is 19.3 Å². The Morgan fingerprint density at radius 2 is 1.67 bits per heavy atom. The molecule has 2 amide bonds. The number of carbonyl (C=O) groups excluding carboxylic acids is 2. The Hall–Kier alpha value is -2.08. The first-order valence-corrected chi connectivity index (χ1v) is 11.5. The largest absolute Gasteiger partial charge is 0.497 e. The molecule has 0 aliphatic carbocycles. The highest BCUT2D eigenvalue weighted by Crippen LogP contribution is 2.15. The summed E-state index contributed by atoms with van der Waals surface area (Å²) < 4.78 is 5.22. The lowest BCUT2D eigenvalue weighted by Gasteiger charge is -2.23. The van der Waals surface area contributed by atoms with Crippen LogP contribution in [0, 0.1) is 0 Å². The molecule has 1 saturated heterocycles. The minimum Gasteiger partial charge on any atom is -0.497 e. The van der Waals surface area contributed by atoms with Crippen molar-refractivity contribution < 1.29 is 14.3 Å². The lowest BCUT2D eigenvalue weighted by molar-refractivity contribution is -0.132. The Morgan fingerprint density at radius 1 is 0.967 bits per heavy atom. The molecule has 0 aromatic heterocycles. The number of hydrogen-bond acceptors (Lipinski definition) is 4. The van der Waals surface area contributed by atoms with E-state index in [-0.39, 0.29) is 11.8 Å². The summed E-state index contributed by atoms with van der Waals surface area (Å²) in [5, 5.41) is 0. The highest BCUT2D eigenvalue weighted by Gasteiger charge is 2.20. The molecule has 0 bridgehead atoms. The maximum absolute atomic E-state index is 12.7. The van der Waals surface area contributed by atoms with E-state index in [1.54, 1.807) is 7.11 Å². The predicted molar refractivity (Wildman–Crippen MR) is 120 cm³/mol. The van der Waals surface area contributed by atoms with Crippen LogP contribution < -0.4 is 4.74 Å². The summed E-state index contributed by atoms with van der Waals surface area (Å²) in [7, 11) is 1.68. The van der Waals surface area contributed by atoms with Crippen LogP contribution in [0.1, 0.15) is 57.9 Å². The number of ether oxygens (including phenoxy) is 1. The molecular weight excluding hydrogens is 378 g/mol. The third kappa shape index (κ3) is 7.98. The number of hydrogen-bond donors (Lipinski definition) is 0. The monoisotopic (exact) mass is 417 g/mol. The van der Waals surface area contributed by atoms with Crippen molar-refractivity contribution >= 4 is 11.8 Å². The van der Waals surface area contributed by atoms with Gasteiger partial charge in [0.1, 0.15) is 5.75 Å². The Kier molecular flexibility index (Phi) is 10.7. The summed E-state index contributed by atoms with van der Waals surface area (Å²) in [4.78, 5) is 31.4. The smallest absolute Gasteiger partial charge is 0.222 e. The van der Waals surface area contributed by atoms with Gasteiger partial charge in [-0.25, -0.2) is 0 Å². The van der Waals surface area contributed by atoms with Crippen molar-refractivity contribution in [3.05, 3.63) is 29.8 Å². The molecule has 6 heteroatoms. The van der Waals surface area contributed by atoms with Gasteiger partial charge in [0.2, 0.25) is 11.8 Å². The summed E-state index contributed by atoms with van der Waals surface area (Å²) in [6.45, 7) is 10.2. The first-order valence-electron chi connectivity index (χ1n) is 11.5. The van der Waals surface area contributed by atoms with Crippen molar-refractivity contribution in [3.8, 4) is 5.75 Å². The summed E-state index contributed by atoms with van der Waals surface area (Å²) in [5.74, 6) is 1.25. The molecule has 1 heterocycles. The molecule has 1 aromatic rings. The van der Waals surface area contributed by atoms with E-state index in [0.717, 1.165) is 70.8 Å². The topological polar surface area (TPSA) is 53.1 Å². The lowest BCUT2D eigenvalue weighted by Crippen LogP contribution is -2.35. The third-order valence-electron chi connectivity index (χ3n) is 5.63. The SMILES string of the molecule is CCCN(CCC)C(=O)CCCC(=O)N1CCCN(Cc2ccc(OC)cc2)CC1. The zero-order valence-electron chi connectivity index (χ0n) is 19.1. The van der Waals surface area contributed by atoms with Crippen molar-refractivity contribution in [1.29, 1.82) is 0 Å². The van der Waals surface area contributed by atoms with Crippen LogP contribution in [0.4, 0.5) is 0 Å². The fourth-order valence-corrected chi connectivity index (χ4v) is 3.98. The molecule has 0 radical (unpaired) electrons. The van der Waals surface area contributed by atoms with Gasteiger partial charge in [0.05, 0.1) is 7.11 Å². The summed E-state index contributed by atoms with van der Waals surface area (Å²) in [5.41, 5.74) is 1.26. The second-order valence-corrected chi connectivity index (χ2v) is 8.09. The van der Waals surface area contributed by atoms with Crippen molar-refractivity contribution in [1.82, 2.24) is 14.7 Å². The van der Waals surface area contributed by atoms with Gasteiger partial charge in [-0.1, -0.05) is 26.0 Å². The molecule has 2 rings (SSSR count).